The fourth-order valence-corrected chi connectivity index (χ4v) is 3.95. The summed E-state index contributed by atoms with van der Waals surface area (Å²) in [5.74, 6) is -0.606. The molecule has 0 aromatic heterocycles. The zero-order valence-electron chi connectivity index (χ0n) is 12.7. The highest BCUT2D eigenvalue weighted by Gasteiger charge is 2.67. The normalized spacial score (nSPS) is 34.3. The van der Waals surface area contributed by atoms with Crippen molar-refractivity contribution in [2.75, 3.05) is 13.7 Å². The second-order valence-corrected chi connectivity index (χ2v) is 6.13. The number of amides is 1. The molecule has 1 aromatic carbocycles. The Bertz CT molecular complexity index is 677. The van der Waals surface area contributed by atoms with E-state index in [1.54, 1.807) is 24.3 Å². The number of fused-ring (bicyclic) bond motifs is 2. The molecule has 3 fully saturated rings. The number of hydrogen-bond acceptors (Lipinski definition) is 6. The lowest BCUT2D eigenvalue weighted by Crippen LogP contribution is -2.70. The lowest BCUT2D eigenvalue weighted by Gasteiger charge is -2.54. The SMILES string of the molecule is COC(=O)[C@@]12CN=N[C@H]1[C@@H]1CC[C@H]2N(C(=O)c2ccccc2)O1. The molecule has 1 amide bonds. The van der Waals surface area contributed by atoms with E-state index in [2.05, 4.69) is 10.2 Å². The van der Waals surface area contributed by atoms with Crippen molar-refractivity contribution in [3.8, 4) is 0 Å². The van der Waals surface area contributed by atoms with Gasteiger partial charge in [0.2, 0.25) is 0 Å². The Morgan fingerprint density at radius 2 is 2.09 bits per heavy atom. The molecule has 5 rings (SSSR count). The zero-order chi connectivity index (χ0) is 16.0. The van der Waals surface area contributed by atoms with Gasteiger partial charge in [0.05, 0.1) is 19.7 Å². The van der Waals surface area contributed by atoms with Gasteiger partial charge in [0.25, 0.3) is 5.91 Å². The van der Waals surface area contributed by atoms with Crippen LogP contribution in [0.1, 0.15) is 23.2 Å². The lowest BCUT2D eigenvalue weighted by molar-refractivity contribution is -0.283. The van der Waals surface area contributed by atoms with Gasteiger partial charge in [0.15, 0.2) is 0 Å². The van der Waals surface area contributed by atoms with Gasteiger partial charge in [-0.25, -0.2) is 5.06 Å². The molecular weight excluding hydrogens is 298 g/mol. The number of nitrogens with zero attached hydrogens (tertiary/aromatic N) is 3. The van der Waals surface area contributed by atoms with Crippen LogP contribution in [0.5, 0.6) is 0 Å². The molecule has 0 spiro atoms. The summed E-state index contributed by atoms with van der Waals surface area (Å²) in [6.07, 6.45) is 1.11. The van der Waals surface area contributed by atoms with Crippen LogP contribution in [0.2, 0.25) is 0 Å². The minimum atomic E-state index is -0.916. The van der Waals surface area contributed by atoms with Crippen molar-refractivity contribution < 1.29 is 19.2 Å². The van der Waals surface area contributed by atoms with Crippen molar-refractivity contribution in [3.63, 3.8) is 0 Å². The van der Waals surface area contributed by atoms with Crippen LogP contribution in [0.25, 0.3) is 0 Å². The smallest absolute Gasteiger partial charge is 0.318 e. The van der Waals surface area contributed by atoms with Gasteiger partial charge < -0.3 is 4.74 Å². The number of hydrogen-bond donors (Lipinski definition) is 0. The van der Waals surface area contributed by atoms with Crippen molar-refractivity contribution >= 4 is 11.9 Å². The molecule has 2 bridgehead atoms. The number of carbonyl (C=O) groups excluding carboxylic acids is 2. The Kier molecular flexibility index (Phi) is 3.19. The Morgan fingerprint density at radius 1 is 1.30 bits per heavy atom. The van der Waals surface area contributed by atoms with E-state index in [1.807, 2.05) is 6.07 Å². The molecule has 7 heteroatoms. The largest absolute Gasteiger partial charge is 0.468 e. The molecule has 0 unspecified atom stereocenters. The average molecular weight is 315 g/mol. The van der Waals surface area contributed by atoms with Crippen LogP contribution in [0.4, 0.5) is 0 Å². The third-order valence-corrected chi connectivity index (χ3v) is 5.06. The number of methoxy groups -OCH3 is 1. The van der Waals surface area contributed by atoms with Gasteiger partial charge in [-0.15, -0.1) is 0 Å². The number of esters is 1. The molecule has 1 aliphatic carbocycles. The van der Waals surface area contributed by atoms with Crippen molar-refractivity contribution in [3.05, 3.63) is 35.9 Å². The minimum absolute atomic E-state index is 0.242. The van der Waals surface area contributed by atoms with E-state index >= 15 is 0 Å². The lowest BCUT2D eigenvalue weighted by atomic mass is 9.65. The predicted octanol–water partition coefficient (Wildman–Crippen LogP) is 1.60. The molecule has 3 heterocycles. The Labute approximate surface area is 133 Å². The molecule has 0 N–H and O–H groups in total. The molecule has 2 saturated heterocycles. The monoisotopic (exact) mass is 315 g/mol. The van der Waals surface area contributed by atoms with E-state index in [4.69, 9.17) is 9.57 Å². The summed E-state index contributed by atoms with van der Waals surface area (Å²) in [6, 6.07) is 8.14. The molecule has 23 heavy (non-hydrogen) atoms. The molecule has 3 aliphatic heterocycles. The van der Waals surface area contributed by atoms with Crippen molar-refractivity contribution in [2.24, 2.45) is 15.6 Å². The molecule has 4 atom stereocenters. The van der Waals surface area contributed by atoms with E-state index in [-0.39, 0.29) is 30.6 Å². The molecule has 4 aliphatic rings. The van der Waals surface area contributed by atoms with Crippen LogP contribution in [-0.4, -0.2) is 48.8 Å². The van der Waals surface area contributed by atoms with Crippen LogP contribution in [0, 0.1) is 5.41 Å². The van der Waals surface area contributed by atoms with E-state index < -0.39 is 11.5 Å². The third kappa shape index (κ3) is 1.86. The second kappa shape index (κ2) is 5.13. The second-order valence-electron chi connectivity index (χ2n) is 6.13. The van der Waals surface area contributed by atoms with E-state index in [1.165, 1.54) is 12.2 Å². The van der Waals surface area contributed by atoms with E-state index in [0.29, 0.717) is 12.0 Å². The molecule has 120 valence electrons. The molecule has 7 nitrogen and oxygen atoms in total. The van der Waals surface area contributed by atoms with Gasteiger partial charge >= 0.3 is 5.97 Å². The maximum atomic E-state index is 12.8. The first-order valence-corrected chi connectivity index (χ1v) is 7.69. The van der Waals surface area contributed by atoms with Crippen LogP contribution < -0.4 is 0 Å². The summed E-state index contributed by atoms with van der Waals surface area (Å²) in [4.78, 5) is 31.2. The first kappa shape index (κ1) is 14.3. The van der Waals surface area contributed by atoms with Crippen molar-refractivity contribution in [1.82, 2.24) is 5.06 Å². The van der Waals surface area contributed by atoms with Gasteiger partial charge in [-0.2, -0.15) is 10.2 Å². The average Bonchev–Trinajstić information content (AvgIpc) is 3.09. The summed E-state index contributed by atoms with van der Waals surface area (Å²) in [7, 11) is 1.36. The van der Waals surface area contributed by atoms with Crippen LogP contribution >= 0.6 is 0 Å². The number of rotatable bonds is 2. The number of ether oxygens (including phenoxy) is 1. The number of carbonyl (C=O) groups is 2. The standard InChI is InChI=1S/C16H17N3O4/c1-22-15(21)16-9-17-18-13(16)11-7-8-12(16)19(23-11)14(20)10-5-3-2-4-6-10/h2-6,11-13H,7-9H2,1H3/t11-,12+,13-,16+/m0/s1. The van der Waals surface area contributed by atoms with Crippen LogP contribution in [0.15, 0.2) is 40.6 Å². The highest BCUT2D eigenvalue weighted by atomic mass is 16.7. The van der Waals surface area contributed by atoms with Gasteiger partial charge in [0.1, 0.15) is 17.6 Å². The van der Waals surface area contributed by atoms with Gasteiger partial charge in [-0.05, 0) is 25.0 Å². The van der Waals surface area contributed by atoms with E-state index in [9.17, 15) is 9.59 Å². The summed E-state index contributed by atoms with van der Waals surface area (Å²) in [6.45, 7) is 0.243. The highest BCUT2D eigenvalue weighted by molar-refractivity contribution is 5.94. The Hall–Kier alpha value is -2.28. The Balaban J connectivity index is 1.72. The fourth-order valence-electron chi connectivity index (χ4n) is 3.95. The highest BCUT2D eigenvalue weighted by Crippen LogP contribution is 2.51. The fraction of sp³-hybridized carbons (Fsp3) is 0.500. The summed E-state index contributed by atoms with van der Waals surface area (Å²) < 4.78 is 5.03. The van der Waals surface area contributed by atoms with Crippen molar-refractivity contribution in [2.45, 2.75) is 31.0 Å². The third-order valence-electron chi connectivity index (χ3n) is 5.06. The molecule has 0 radical (unpaired) electrons. The number of hydroxylamine groups is 2. The summed E-state index contributed by atoms with van der Waals surface area (Å²) in [5.41, 5.74) is -0.385. The van der Waals surface area contributed by atoms with Gasteiger partial charge in [-0.3, -0.25) is 14.4 Å². The first-order chi connectivity index (χ1) is 11.2. The zero-order valence-corrected chi connectivity index (χ0v) is 12.7. The Morgan fingerprint density at radius 3 is 2.83 bits per heavy atom. The maximum absolute atomic E-state index is 12.8. The van der Waals surface area contributed by atoms with Crippen molar-refractivity contribution in [1.29, 1.82) is 0 Å². The topological polar surface area (TPSA) is 80.6 Å². The predicted molar refractivity (Wildman–Crippen MR) is 78.5 cm³/mol. The number of benzene rings is 1. The quantitative estimate of drug-likeness (QED) is 0.776. The van der Waals surface area contributed by atoms with Gasteiger partial charge in [-0.1, -0.05) is 18.2 Å². The minimum Gasteiger partial charge on any atom is -0.468 e. The molecular formula is C16H17N3O4. The molecule has 1 aromatic rings. The molecule has 1 saturated carbocycles. The van der Waals surface area contributed by atoms with Gasteiger partial charge in [0, 0.05) is 5.56 Å². The summed E-state index contributed by atoms with van der Waals surface area (Å²) in [5, 5.41) is 9.65. The number of azo groups is 1. The van der Waals surface area contributed by atoms with Crippen LogP contribution in [-0.2, 0) is 14.4 Å². The van der Waals surface area contributed by atoms with Crippen LogP contribution in [0.3, 0.4) is 0 Å². The summed E-state index contributed by atoms with van der Waals surface area (Å²) >= 11 is 0. The van der Waals surface area contributed by atoms with E-state index in [0.717, 1.165) is 6.42 Å². The maximum Gasteiger partial charge on any atom is 0.318 e. The first-order valence-electron chi connectivity index (χ1n) is 7.69.